The van der Waals surface area contributed by atoms with Crippen molar-refractivity contribution in [3.8, 4) is 5.75 Å². The average molecular weight is 278 g/mol. The van der Waals surface area contributed by atoms with Gasteiger partial charge in [-0.05, 0) is 25.5 Å². The van der Waals surface area contributed by atoms with Crippen LogP contribution < -0.4 is 5.32 Å². The Morgan fingerprint density at radius 3 is 2.89 bits per heavy atom. The molecule has 2 rings (SSSR count). The summed E-state index contributed by atoms with van der Waals surface area (Å²) in [5, 5.41) is 12.8. The first-order chi connectivity index (χ1) is 9.16. The fraction of sp³-hybridized carbons (Fsp3) is 0.385. The minimum Gasteiger partial charge on any atom is -0.504 e. The number of aromatic hydroxyl groups is 1. The van der Waals surface area contributed by atoms with Crippen LogP contribution in [0.2, 0.25) is 0 Å². The number of aryl methyl sites for hydroxylation is 2. The molecule has 0 saturated carbocycles. The molecule has 0 bridgehead atoms. The zero-order valence-electron chi connectivity index (χ0n) is 11.1. The maximum Gasteiger partial charge on any atom is 0.168 e. The second kappa shape index (κ2) is 6.47. The highest BCUT2D eigenvalue weighted by Gasteiger charge is 2.03. The summed E-state index contributed by atoms with van der Waals surface area (Å²) in [5.41, 5.74) is 3.17. The predicted molar refractivity (Wildman–Crippen MR) is 78.6 cm³/mol. The molecule has 6 heteroatoms. The van der Waals surface area contributed by atoms with Crippen molar-refractivity contribution < 1.29 is 5.11 Å². The maximum atomic E-state index is 9.69. The van der Waals surface area contributed by atoms with E-state index in [9.17, 15) is 5.11 Å². The normalized spacial score (nSPS) is 10.6. The fourth-order valence-corrected chi connectivity index (χ4v) is 2.51. The molecule has 0 aromatic carbocycles. The van der Waals surface area contributed by atoms with E-state index in [-0.39, 0.29) is 5.75 Å². The first-order valence-electron chi connectivity index (χ1n) is 6.13. The Labute approximate surface area is 116 Å². The molecule has 102 valence electrons. The molecule has 3 N–H and O–H groups in total. The van der Waals surface area contributed by atoms with Crippen LogP contribution in [0.5, 0.6) is 5.75 Å². The smallest absolute Gasteiger partial charge is 0.168 e. The summed E-state index contributed by atoms with van der Waals surface area (Å²) in [6, 6.07) is 1.70. The molecule has 0 aliphatic rings. The number of pyridine rings is 1. The molecular weight excluding hydrogens is 260 g/mol. The van der Waals surface area contributed by atoms with E-state index in [0.717, 1.165) is 35.0 Å². The number of thioether (sulfide) groups is 1. The summed E-state index contributed by atoms with van der Waals surface area (Å²) in [5.74, 6) is 2.57. The monoisotopic (exact) mass is 278 g/mol. The number of hydrogen-bond acceptors (Lipinski definition) is 5. The van der Waals surface area contributed by atoms with Crippen molar-refractivity contribution in [2.24, 2.45) is 0 Å². The molecule has 0 aliphatic carbocycles. The lowest BCUT2D eigenvalue weighted by molar-refractivity contribution is 0.474. The van der Waals surface area contributed by atoms with E-state index in [1.54, 1.807) is 30.4 Å². The highest BCUT2D eigenvalue weighted by atomic mass is 32.2. The lowest BCUT2D eigenvalue weighted by Crippen LogP contribution is -2.06. The fourth-order valence-electron chi connectivity index (χ4n) is 1.63. The molecule has 0 fully saturated rings. The van der Waals surface area contributed by atoms with Crippen molar-refractivity contribution in [3.63, 3.8) is 0 Å². The number of aromatic amines is 1. The largest absolute Gasteiger partial charge is 0.504 e. The Bertz CT molecular complexity index is 541. The Morgan fingerprint density at radius 2 is 2.21 bits per heavy atom. The predicted octanol–water partition coefficient (Wildman–Crippen LogP) is 2.47. The van der Waals surface area contributed by atoms with Gasteiger partial charge in [-0.1, -0.05) is 0 Å². The van der Waals surface area contributed by atoms with Crippen LogP contribution in [0.4, 0.5) is 5.82 Å². The summed E-state index contributed by atoms with van der Waals surface area (Å²) in [4.78, 5) is 11.5. The SMILES string of the molecule is Cc1cnc(NCCSCc2nc[nH]c2C)c(O)c1. The molecule has 0 radical (unpaired) electrons. The first-order valence-corrected chi connectivity index (χ1v) is 7.28. The van der Waals surface area contributed by atoms with Crippen LogP contribution in [0, 0.1) is 13.8 Å². The van der Waals surface area contributed by atoms with Gasteiger partial charge in [-0.3, -0.25) is 0 Å². The minimum atomic E-state index is 0.202. The lowest BCUT2D eigenvalue weighted by Gasteiger charge is -2.07. The van der Waals surface area contributed by atoms with Crippen molar-refractivity contribution >= 4 is 17.6 Å². The van der Waals surface area contributed by atoms with Crippen LogP contribution in [-0.4, -0.2) is 32.4 Å². The zero-order valence-corrected chi connectivity index (χ0v) is 11.9. The third kappa shape index (κ3) is 3.89. The summed E-state index contributed by atoms with van der Waals surface area (Å²) in [6.07, 6.45) is 3.46. The van der Waals surface area contributed by atoms with E-state index in [1.165, 1.54) is 0 Å². The number of imidazole rings is 1. The third-order valence-electron chi connectivity index (χ3n) is 2.72. The molecule has 5 nitrogen and oxygen atoms in total. The van der Waals surface area contributed by atoms with Gasteiger partial charge in [0.15, 0.2) is 11.6 Å². The molecule has 2 aromatic rings. The zero-order chi connectivity index (χ0) is 13.7. The molecule has 0 unspecified atom stereocenters. The van der Waals surface area contributed by atoms with E-state index < -0.39 is 0 Å². The molecule has 0 saturated heterocycles. The average Bonchev–Trinajstić information content (AvgIpc) is 2.77. The molecule has 2 aromatic heterocycles. The van der Waals surface area contributed by atoms with Gasteiger partial charge < -0.3 is 15.4 Å². The van der Waals surface area contributed by atoms with E-state index >= 15 is 0 Å². The number of hydrogen-bond donors (Lipinski definition) is 3. The maximum absolute atomic E-state index is 9.69. The van der Waals surface area contributed by atoms with Crippen LogP contribution in [0.15, 0.2) is 18.6 Å². The number of nitrogens with one attached hydrogen (secondary N) is 2. The topological polar surface area (TPSA) is 73.8 Å². The molecule has 0 spiro atoms. The van der Waals surface area contributed by atoms with Gasteiger partial charge in [-0.25, -0.2) is 9.97 Å². The number of anilines is 1. The standard InChI is InChI=1S/C13H18N4OS/c1-9-5-12(18)13(15-6-9)14-3-4-19-7-11-10(2)16-8-17-11/h5-6,8,18H,3-4,7H2,1-2H3,(H,14,15)(H,16,17). The van der Waals surface area contributed by atoms with Gasteiger partial charge >= 0.3 is 0 Å². The Hall–Kier alpha value is -1.69. The van der Waals surface area contributed by atoms with Gasteiger partial charge in [-0.15, -0.1) is 0 Å². The quantitative estimate of drug-likeness (QED) is 0.708. The second-order valence-electron chi connectivity index (χ2n) is 4.33. The minimum absolute atomic E-state index is 0.202. The van der Waals surface area contributed by atoms with Crippen LogP contribution in [0.3, 0.4) is 0 Å². The molecule has 0 amide bonds. The van der Waals surface area contributed by atoms with Crippen LogP contribution in [0.1, 0.15) is 17.0 Å². The van der Waals surface area contributed by atoms with Crippen molar-refractivity contribution in [3.05, 3.63) is 35.5 Å². The van der Waals surface area contributed by atoms with Crippen LogP contribution in [-0.2, 0) is 5.75 Å². The third-order valence-corrected chi connectivity index (χ3v) is 3.69. The van der Waals surface area contributed by atoms with Crippen molar-refractivity contribution in [2.45, 2.75) is 19.6 Å². The lowest BCUT2D eigenvalue weighted by atomic mass is 10.3. The molecule has 19 heavy (non-hydrogen) atoms. The summed E-state index contributed by atoms with van der Waals surface area (Å²) < 4.78 is 0. The van der Waals surface area contributed by atoms with Gasteiger partial charge in [0, 0.05) is 29.9 Å². The Balaban J connectivity index is 1.71. The summed E-state index contributed by atoms with van der Waals surface area (Å²) >= 11 is 1.80. The first kappa shape index (κ1) is 13.7. The Morgan fingerprint density at radius 1 is 1.37 bits per heavy atom. The van der Waals surface area contributed by atoms with Gasteiger partial charge in [0.1, 0.15) is 0 Å². The summed E-state index contributed by atoms with van der Waals surface area (Å²) in [6.45, 7) is 4.69. The van der Waals surface area contributed by atoms with E-state index in [2.05, 4.69) is 20.3 Å². The number of aromatic nitrogens is 3. The second-order valence-corrected chi connectivity index (χ2v) is 5.44. The van der Waals surface area contributed by atoms with E-state index in [0.29, 0.717) is 5.82 Å². The molecule has 0 atom stereocenters. The molecule has 0 aliphatic heterocycles. The molecular formula is C13H18N4OS. The van der Waals surface area contributed by atoms with Crippen LogP contribution in [0.25, 0.3) is 0 Å². The van der Waals surface area contributed by atoms with Gasteiger partial charge in [-0.2, -0.15) is 11.8 Å². The number of H-pyrrole nitrogens is 1. The number of nitrogens with zero attached hydrogens (tertiary/aromatic N) is 2. The number of rotatable bonds is 6. The van der Waals surface area contributed by atoms with E-state index in [4.69, 9.17) is 0 Å². The van der Waals surface area contributed by atoms with Gasteiger partial charge in [0.05, 0.1) is 12.0 Å². The van der Waals surface area contributed by atoms with Gasteiger partial charge in [0.2, 0.25) is 0 Å². The highest BCUT2D eigenvalue weighted by molar-refractivity contribution is 7.98. The highest BCUT2D eigenvalue weighted by Crippen LogP contribution is 2.20. The Kier molecular flexibility index (Phi) is 4.68. The van der Waals surface area contributed by atoms with E-state index in [1.807, 2.05) is 13.8 Å². The van der Waals surface area contributed by atoms with Crippen LogP contribution >= 0.6 is 11.8 Å². The van der Waals surface area contributed by atoms with Crippen molar-refractivity contribution in [1.82, 2.24) is 15.0 Å². The molecule has 2 heterocycles. The summed E-state index contributed by atoms with van der Waals surface area (Å²) in [7, 11) is 0. The van der Waals surface area contributed by atoms with Gasteiger partial charge in [0.25, 0.3) is 0 Å². The van der Waals surface area contributed by atoms with Crippen molar-refractivity contribution in [2.75, 3.05) is 17.6 Å². The van der Waals surface area contributed by atoms with Crippen molar-refractivity contribution in [1.29, 1.82) is 0 Å².